The van der Waals surface area contributed by atoms with Gasteiger partial charge in [-0.1, -0.05) is 13.8 Å². The van der Waals surface area contributed by atoms with Crippen LogP contribution in [0.3, 0.4) is 0 Å². The predicted molar refractivity (Wildman–Crippen MR) is 66.8 cm³/mol. The minimum Gasteiger partial charge on any atom is -0.493 e. The number of aryl methyl sites for hydroxylation is 1. The van der Waals surface area contributed by atoms with E-state index in [0.29, 0.717) is 5.92 Å². The van der Waals surface area contributed by atoms with E-state index in [1.807, 2.05) is 24.4 Å². The number of fused-ring (bicyclic) bond motifs is 1. The van der Waals surface area contributed by atoms with Gasteiger partial charge in [-0.2, -0.15) is 0 Å². The Morgan fingerprint density at radius 2 is 2.06 bits per heavy atom. The molecule has 0 saturated carbocycles. The highest BCUT2D eigenvalue weighted by atomic mass is 16.5. The normalized spacial score (nSPS) is 11.0. The van der Waals surface area contributed by atoms with Crippen molar-refractivity contribution in [1.82, 2.24) is 4.98 Å². The molecule has 16 heavy (non-hydrogen) atoms. The number of ether oxygens (including phenoxy) is 1. The summed E-state index contributed by atoms with van der Waals surface area (Å²) in [7, 11) is 0. The van der Waals surface area contributed by atoms with Crippen molar-refractivity contribution in [2.75, 3.05) is 6.61 Å². The van der Waals surface area contributed by atoms with Gasteiger partial charge in [-0.25, -0.2) is 0 Å². The first-order valence-corrected chi connectivity index (χ1v) is 5.65. The van der Waals surface area contributed by atoms with Crippen LogP contribution >= 0.6 is 0 Å². The van der Waals surface area contributed by atoms with Crippen molar-refractivity contribution in [3.05, 3.63) is 36.0 Å². The third kappa shape index (κ3) is 2.32. The van der Waals surface area contributed by atoms with Crippen LogP contribution in [-0.4, -0.2) is 11.6 Å². The first kappa shape index (κ1) is 10.9. The molecule has 2 aromatic rings. The molecular weight excluding hydrogens is 198 g/mol. The average molecular weight is 215 g/mol. The number of hydrogen-bond donors (Lipinski definition) is 0. The van der Waals surface area contributed by atoms with Crippen LogP contribution in [0.25, 0.3) is 10.9 Å². The second-order valence-electron chi connectivity index (χ2n) is 4.51. The lowest BCUT2D eigenvalue weighted by Crippen LogP contribution is -2.04. The number of nitrogens with zero attached hydrogens (tertiary/aromatic N) is 1. The summed E-state index contributed by atoms with van der Waals surface area (Å²) in [5, 5.41) is 1.17. The van der Waals surface area contributed by atoms with Gasteiger partial charge in [-0.15, -0.1) is 0 Å². The highest BCUT2D eigenvalue weighted by molar-refractivity contribution is 5.83. The molecule has 0 unspecified atom stereocenters. The monoisotopic (exact) mass is 215 g/mol. The molecule has 0 bridgehead atoms. The van der Waals surface area contributed by atoms with Crippen molar-refractivity contribution in [3.63, 3.8) is 0 Å². The van der Waals surface area contributed by atoms with Gasteiger partial charge in [-0.3, -0.25) is 4.98 Å². The van der Waals surface area contributed by atoms with Gasteiger partial charge < -0.3 is 4.74 Å². The molecule has 0 saturated heterocycles. The van der Waals surface area contributed by atoms with E-state index in [-0.39, 0.29) is 0 Å². The Morgan fingerprint density at radius 3 is 2.81 bits per heavy atom. The minimum atomic E-state index is 0.547. The molecule has 0 spiro atoms. The van der Waals surface area contributed by atoms with Crippen LogP contribution < -0.4 is 4.74 Å². The molecule has 1 aromatic carbocycles. The van der Waals surface area contributed by atoms with E-state index < -0.39 is 0 Å². The molecule has 0 aliphatic heterocycles. The maximum atomic E-state index is 5.70. The number of benzene rings is 1. The second-order valence-corrected chi connectivity index (χ2v) is 4.51. The number of pyridine rings is 1. The molecular formula is C14H17NO. The third-order valence-corrected chi connectivity index (χ3v) is 2.51. The first-order chi connectivity index (χ1) is 7.66. The number of aromatic nitrogens is 1. The molecule has 0 atom stereocenters. The fraction of sp³-hybridized carbons (Fsp3) is 0.357. The summed E-state index contributed by atoms with van der Waals surface area (Å²) < 4.78 is 5.70. The largest absolute Gasteiger partial charge is 0.493 e. The van der Waals surface area contributed by atoms with E-state index >= 15 is 0 Å². The molecule has 0 N–H and O–H groups in total. The van der Waals surface area contributed by atoms with Gasteiger partial charge in [0, 0.05) is 11.6 Å². The maximum absolute atomic E-state index is 5.70. The van der Waals surface area contributed by atoms with Crippen LogP contribution in [0.15, 0.2) is 30.5 Å². The molecule has 84 valence electrons. The van der Waals surface area contributed by atoms with Crippen molar-refractivity contribution in [2.24, 2.45) is 5.92 Å². The maximum Gasteiger partial charge on any atom is 0.120 e. The van der Waals surface area contributed by atoms with Crippen LogP contribution in [0.2, 0.25) is 0 Å². The van der Waals surface area contributed by atoms with Crippen molar-refractivity contribution in [2.45, 2.75) is 20.8 Å². The number of rotatable bonds is 3. The van der Waals surface area contributed by atoms with Crippen LogP contribution in [-0.2, 0) is 0 Å². The van der Waals surface area contributed by atoms with Gasteiger partial charge >= 0.3 is 0 Å². The smallest absolute Gasteiger partial charge is 0.120 e. The van der Waals surface area contributed by atoms with E-state index in [0.717, 1.165) is 17.9 Å². The van der Waals surface area contributed by atoms with Gasteiger partial charge in [0.2, 0.25) is 0 Å². The van der Waals surface area contributed by atoms with E-state index in [9.17, 15) is 0 Å². The van der Waals surface area contributed by atoms with Gasteiger partial charge in [-0.05, 0) is 42.7 Å². The highest BCUT2D eigenvalue weighted by Crippen LogP contribution is 2.22. The summed E-state index contributed by atoms with van der Waals surface area (Å²) in [5.41, 5.74) is 2.26. The van der Waals surface area contributed by atoms with Crippen molar-refractivity contribution >= 4 is 10.9 Å². The van der Waals surface area contributed by atoms with E-state index in [1.54, 1.807) is 0 Å². The van der Waals surface area contributed by atoms with Gasteiger partial charge in [0.05, 0.1) is 12.1 Å². The molecule has 2 heteroatoms. The van der Waals surface area contributed by atoms with Crippen molar-refractivity contribution < 1.29 is 4.74 Å². The van der Waals surface area contributed by atoms with E-state index in [4.69, 9.17) is 4.74 Å². The summed E-state index contributed by atoms with van der Waals surface area (Å²) in [5.74, 6) is 1.47. The van der Waals surface area contributed by atoms with Crippen LogP contribution in [0.5, 0.6) is 5.75 Å². The molecule has 0 fully saturated rings. The zero-order chi connectivity index (χ0) is 11.5. The lowest BCUT2D eigenvalue weighted by Gasteiger charge is -2.09. The molecule has 0 aliphatic carbocycles. The zero-order valence-electron chi connectivity index (χ0n) is 10.0. The molecule has 2 rings (SSSR count). The van der Waals surface area contributed by atoms with Crippen LogP contribution in [0.1, 0.15) is 19.4 Å². The topological polar surface area (TPSA) is 22.1 Å². The fourth-order valence-electron chi connectivity index (χ4n) is 1.62. The average Bonchev–Trinajstić information content (AvgIpc) is 2.27. The molecule has 1 aromatic heterocycles. The fourth-order valence-corrected chi connectivity index (χ4v) is 1.62. The number of hydrogen-bond acceptors (Lipinski definition) is 2. The molecule has 1 heterocycles. The van der Waals surface area contributed by atoms with Gasteiger partial charge in [0.15, 0.2) is 0 Å². The van der Waals surface area contributed by atoms with Crippen molar-refractivity contribution in [1.29, 1.82) is 0 Å². The van der Waals surface area contributed by atoms with Crippen LogP contribution in [0.4, 0.5) is 0 Å². The van der Waals surface area contributed by atoms with Crippen molar-refractivity contribution in [3.8, 4) is 5.75 Å². The lowest BCUT2D eigenvalue weighted by molar-refractivity contribution is 0.271. The summed E-state index contributed by atoms with van der Waals surface area (Å²) in [6.45, 7) is 7.14. The Balaban J connectivity index is 2.32. The highest BCUT2D eigenvalue weighted by Gasteiger charge is 2.01. The predicted octanol–water partition coefficient (Wildman–Crippen LogP) is 3.58. The molecule has 0 radical (unpaired) electrons. The second kappa shape index (κ2) is 4.52. The summed E-state index contributed by atoms with van der Waals surface area (Å²) in [6, 6.07) is 8.09. The molecule has 2 nitrogen and oxygen atoms in total. The molecule has 0 amide bonds. The minimum absolute atomic E-state index is 0.547. The SMILES string of the molecule is Cc1ccnc2ccc(OCC(C)C)cc12. The zero-order valence-corrected chi connectivity index (χ0v) is 10.0. The Labute approximate surface area is 96.3 Å². The molecule has 0 aliphatic rings. The first-order valence-electron chi connectivity index (χ1n) is 5.65. The Bertz CT molecular complexity index is 491. The Kier molecular flexibility index (Phi) is 3.09. The van der Waals surface area contributed by atoms with Gasteiger partial charge in [0.1, 0.15) is 5.75 Å². The lowest BCUT2D eigenvalue weighted by atomic mass is 10.1. The quantitative estimate of drug-likeness (QED) is 0.780. The third-order valence-electron chi connectivity index (χ3n) is 2.51. The summed E-state index contributed by atoms with van der Waals surface area (Å²) >= 11 is 0. The van der Waals surface area contributed by atoms with Gasteiger partial charge in [0.25, 0.3) is 0 Å². The Morgan fingerprint density at radius 1 is 1.25 bits per heavy atom. The van der Waals surface area contributed by atoms with E-state index in [1.165, 1.54) is 10.9 Å². The standard InChI is InChI=1S/C14H17NO/c1-10(2)9-16-12-4-5-14-13(8-12)11(3)6-7-15-14/h4-8,10H,9H2,1-3H3. The Hall–Kier alpha value is -1.57. The van der Waals surface area contributed by atoms with Crippen LogP contribution in [0, 0.1) is 12.8 Å². The summed E-state index contributed by atoms with van der Waals surface area (Å²) in [6.07, 6.45) is 1.84. The van der Waals surface area contributed by atoms with E-state index in [2.05, 4.69) is 31.8 Å². The summed E-state index contributed by atoms with van der Waals surface area (Å²) in [4.78, 5) is 4.32.